The lowest BCUT2D eigenvalue weighted by Gasteiger charge is -2.13. The summed E-state index contributed by atoms with van der Waals surface area (Å²) in [6, 6.07) is 6.67. The minimum atomic E-state index is -0.352. The number of carbonyl (C=O) groups is 2. The summed E-state index contributed by atoms with van der Waals surface area (Å²) in [6.45, 7) is 2.06. The molecule has 2 N–H and O–H groups in total. The minimum absolute atomic E-state index is 0.139. The lowest BCUT2D eigenvalue weighted by molar-refractivity contribution is -0.116. The highest BCUT2D eigenvalue weighted by Gasteiger charge is 2.12. The predicted octanol–water partition coefficient (Wildman–Crippen LogP) is 2.36. The molecule has 24 heavy (non-hydrogen) atoms. The number of hydrogen-bond donors (Lipinski definition) is 2. The topological polar surface area (TPSA) is 89.8 Å². The van der Waals surface area contributed by atoms with Crippen LogP contribution in [0.3, 0.4) is 0 Å². The molecule has 0 saturated heterocycles. The molecule has 0 spiro atoms. The van der Waals surface area contributed by atoms with Gasteiger partial charge in [-0.3, -0.25) is 9.59 Å². The fourth-order valence-corrected chi connectivity index (χ4v) is 2.11. The number of aryl methyl sites for hydroxylation is 1. The molecule has 2 rings (SSSR count). The van der Waals surface area contributed by atoms with Crippen LogP contribution < -0.4 is 20.1 Å². The largest absolute Gasteiger partial charge is 0.493 e. The molecular formula is C17H20N2O5. The van der Waals surface area contributed by atoms with E-state index >= 15 is 0 Å². The number of methoxy groups -OCH3 is 2. The molecule has 128 valence electrons. The molecule has 0 atom stereocenters. The van der Waals surface area contributed by atoms with E-state index in [2.05, 4.69) is 10.6 Å². The van der Waals surface area contributed by atoms with Crippen LogP contribution in [0.1, 0.15) is 22.5 Å². The van der Waals surface area contributed by atoms with Gasteiger partial charge in [-0.2, -0.15) is 0 Å². The molecule has 1 aromatic carbocycles. The molecule has 0 aliphatic rings. The van der Waals surface area contributed by atoms with Gasteiger partial charge in [0.15, 0.2) is 17.3 Å². The van der Waals surface area contributed by atoms with Crippen molar-refractivity contribution < 1.29 is 23.5 Å². The van der Waals surface area contributed by atoms with Crippen molar-refractivity contribution in [1.29, 1.82) is 0 Å². The average Bonchev–Trinajstić information content (AvgIpc) is 3.10. The molecule has 7 heteroatoms. The first-order valence-electron chi connectivity index (χ1n) is 7.39. The molecule has 0 radical (unpaired) electrons. The van der Waals surface area contributed by atoms with Gasteiger partial charge in [-0.15, -0.1) is 0 Å². The Morgan fingerprint density at radius 3 is 2.50 bits per heavy atom. The lowest BCUT2D eigenvalue weighted by atomic mass is 10.1. The van der Waals surface area contributed by atoms with Crippen LogP contribution in [0.5, 0.6) is 11.5 Å². The first-order valence-corrected chi connectivity index (χ1v) is 7.39. The number of nitrogens with one attached hydrogen (secondary N) is 2. The van der Waals surface area contributed by atoms with Crippen LogP contribution in [-0.2, 0) is 4.79 Å². The zero-order chi connectivity index (χ0) is 17.5. The average molecular weight is 332 g/mol. The molecule has 1 heterocycles. The van der Waals surface area contributed by atoms with Crippen molar-refractivity contribution in [2.45, 2.75) is 13.3 Å². The summed E-state index contributed by atoms with van der Waals surface area (Å²) in [5.41, 5.74) is 1.48. The Morgan fingerprint density at radius 1 is 1.17 bits per heavy atom. The molecule has 2 amide bonds. The molecule has 0 bridgehead atoms. The molecule has 1 aromatic heterocycles. The van der Waals surface area contributed by atoms with E-state index in [4.69, 9.17) is 13.9 Å². The molecule has 0 saturated carbocycles. The number of carbonyl (C=O) groups excluding carboxylic acids is 2. The monoisotopic (exact) mass is 332 g/mol. The van der Waals surface area contributed by atoms with Gasteiger partial charge in [0, 0.05) is 24.7 Å². The van der Waals surface area contributed by atoms with Crippen LogP contribution in [-0.4, -0.2) is 32.6 Å². The summed E-state index contributed by atoms with van der Waals surface area (Å²) < 4.78 is 15.4. The van der Waals surface area contributed by atoms with Crippen LogP contribution in [0.2, 0.25) is 0 Å². The van der Waals surface area contributed by atoms with Gasteiger partial charge < -0.3 is 24.5 Å². The van der Waals surface area contributed by atoms with E-state index in [1.807, 2.05) is 6.92 Å². The summed E-state index contributed by atoms with van der Waals surface area (Å²) in [5.74, 6) is 0.773. The van der Waals surface area contributed by atoms with Crippen molar-refractivity contribution in [2.75, 3.05) is 26.1 Å². The lowest BCUT2D eigenvalue weighted by Crippen LogP contribution is -2.27. The number of hydrogen-bond acceptors (Lipinski definition) is 5. The van der Waals surface area contributed by atoms with E-state index in [1.54, 1.807) is 31.4 Å². The zero-order valence-corrected chi connectivity index (χ0v) is 13.8. The third-order valence-corrected chi connectivity index (χ3v) is 3.39. The molecular weight excluding hydrogens is 312 g/mol. The van der Waals surface area contributed by atoms with Crippen LogP contribution >= 0.6 is 0 Å². The van der Waals surface area contributed by atoms with Gasteiger partial charge in [0.2, 0.25) is 5.91 Å². The highest BCUT2D eigenvalue weighted by molar-refractivity contribution is 5.94. The number of rotatable bonds is 7. The molecule has 0 unspecified atom stereocenters. The van der Waals surface area contributed by atoms with E-state index < -0.39 is 0 Å². The Morgan fingerprint density at radius 2 is 1.88 bits per heavy atom. The van der Waals surface area contributed by atoms with E-state index in [0.29, 0.717) is 17.2 Å². The number of amides is 2. The van der Waals surface area contributed by atoms with E-state index in [-0.39, 0.29) is 30.5 Å². The smallest absolute Gasteiger partial charge is 0.286 e. The fraction of sp³-hybridized carbons (Fsp3) is 0.294. The standard InChI is InChI=1S/C17H20N2O5/c1-11-9-14(22-2)15(23-3)10-12(11)19-16(20)6-7-18-17(21)13-5-4-8-24-13/h4-5,8-10H,6-7H2,1-3H3,(H,18,21)(H,19,20). The Labute approximate surface area is 139 Å². The molecule has 0 aliphatic heterocycles. The Hall–Kier alpha value is -2.96. The normalized spacial score (nSPS) is 10.1. The number of furan rings is 1. The van der Waals surface area contributed by atoms with Gasteiger partial charge in [-0.1, -0.05) is 0 Å². The third-order valence-electron chi connectivity index (χ3n) is 3.39. The van der Waals surface area contributed by atoms with Crippen molar-refractivity contribution in [1.82, 2.24) is 5.32 Å². The van der Waals surface area contributed by atoms with Crippen molar-refractivity contribution in [3.05, 3.63) is 41.9 Å². The number of benzene rings is 1. The second-order valence-corrected chi connectivity index (χ2v) is 5.05. The van der Waals surface area contributed by atoms with Gasteiger partial charge in [0.05, 0.1) is 20.5 Å². The maximum atomic E-state index is 12.0. The Balaban J connectivity index is 1.89. The van der Waals surface area contributed by atoms with E-state index in [9.17, 15) is 9.59 Å². The maximum absolute atomic E-state index is 12.0. The summed E-state index contributed by atoms with van der Waals surface area (Å²) in [5, 5.41) is 5.41. The van der Waals surface area contributed by atoms with Crippen LogP contribution in [0.15, 0.2) is 34.9 Å². The molecule has 0 aliphatic carbocycles. The van der Waals surface area contributed by atoms with Crippen LogP contribution in [0, 0.1) is 6.92 Å². The molecule has 7 nitrogen and oxygen atoms in total. The van der Waals surface area contributed by atoms with E-state index in [0.717, 1.165) is 5.56 Å². The second kappa shape index (κ2) is 8.05. The Bertz CT molecular complexity index is 710. The summed E-state index contributed by atoms with van der Waals surface area (Å²) in [4.78, 5) is 23.7. The first kappa shape index (κ1) is 17.4. The van der Waals surface area contributed by atoms with E-state index in [1.165, 1.54) is 13.4 Å². The third kappa shape index (κ3) is 4.28. The summed E-state index contributed by atoms with van der Waals surface area (Å²) in [7, 11) is 3.08. The molecule has 2 aromatic rings. The van der Waals surface area contributed by atoms with Crippen molar-refractivity contribution in [3.63, 3.8) is 0 Å². The predicted molar refractivity (Wildman–Crippen MR) is 88.6 cm³/mol. The summed E-state index contributed by atoms with van der Waals surface area (Å²) in [6.07, 6.45) is 1.56. The van der Waals surface area contributed by atoms with Gasteiger partial charge in [0.25, 0.3) is 5.91 Å². The number of anilines is 1. The van der Waals surface area contributed by atoms with Crippen molar-refractivity contribution >= 4 is 17.5 Å². The first-order chi connectivity index (χ1) is 11.5. The summed E-state index contributed by atoms with van der Waals surface area (Å²) >= 11 is 0. The van der Waals surface area contributed by atoms with Gasteiger partial charge >= 0.3 is 0 Å². The maximum Gasteiger partial charge on any atom is 0.286 e. The van der Waals surface area contributed by atoms with Gasteiger partial charge in [-0.25, -0.2) is 0 Å². The van der Waals surface area contributed by atoms with Crippen molar-refractivity contribution in [3.8, 4) is 11.5 Å². The highest BCUT2D eigenvalue weighted by atomic mass is 16.5. The van der Waals surface area contributed by atoms with Gasteiger partial charge in [0.1, 0.15) is 0 Å². The van der Waals surface area contributed by atoms with Crippen LogP contribution in [0.4, 0.5) is 5.69 Å². The zero-order valence-electron chi connectivity index (χ0n) is 13.8. The van der Waals surface area contributed by atoms with Crippen LogP contribution in [0.25, 0.3) is 0 Å². The number of ether oxygens (including phenoxy) is 2. The Kier molecular flexibility index (Phi) is 5.83. The van der Waals surface area contributed by atoms with Crippen molar-refractivity contribution in [2.24, 2.45) is 0 Å². The fourth-order valence-electron chi connectivity index (χ4n) is 2.11. The van der Waals surface area contributed by atoms with Gasteiger partial charge in [-0.05, 0) is 30.7 Å². The molecule has 0 fully saturated rings. The second-order valence-electron chi connectivity index (χ2n) is 5.05. The quantitative estimate of drug-likeness (QED) is 0.812. The minimum Gasteiger partial charge on any atom is -0.493 e. The highest BCUT2D eigenvalue weighted by Crippen LogP contribution is 2.32. The SMILES string of the molecule is COc1cc(C)c(NC(=O)CCNC(=O)c2ccco2)cc1OC.